The second kappa shape index (κ2) is 8.24. The Balaban J connectivity index is 1.55. The number of pyridine rings is 1. The number of nitrogens with zero attached hydrogens (tertiary/aromatic N) is 2. The van der Waals surface area contributed by atoms with Crippen molar-refractivity contribution < 1.29 is 14.6 Å². The normalized spacial score (nSPS) is 14.6. The summed E-state index contributed by atoms with van der Waals surface area (Å²) in [4.78, 5) is 16.5. The molecular weight excluding hydrogens is 400 g/mol. The summed E-state index contributed by atoms with van der Waals surface area (Å²) in [7, 11) is 0. The number of carbonyl (C=O) groups is 1. The van der Waals surface area contributed by atoms with Crippen LogP contribution in [0.3, 0.4) is 0 Å². The maximum atomic E-state index is 11.6. The molecule has 32 heavy (non-hydrogen) atoms. The van der Waals surface area contributed by atoms with E-state index in [4.69, 9.17) is 9.72 Å². The molecule has 0 aliphatic heterocycles. The van der Waals surface area contributed by atoms with Crippen LogP contribution in [-0.4, -0.2) is 27.1 Å². The summed E-state index contributed by atoms with van der Waals surface area (Å²) >= 11 is 0. The second-order valence-corrected chi connectivity index (χ2v) is 8.38. The maximum Gasteiger partial charge on any atom is 0.336 e. The molecule has 1 aliphatic carbocycles. The average Bonchev–Trinajstić information content (AvgIpc) is 3.56. The molecule has 0 unspecified atom stereocenters. The molecule has 1 saturated carbocycles. The molecule has 2 heterocycles. The standard InChI is InChI=1S/C27H26N2O3/c1-3-32-25(24-15-8-17(2)26-28-23(16-29(24)26)19-11-12-19)20-13-9-18(10-14-20)21-6-4-5-7-22(21)27(30)31/h4-10,13-16,19,25H,3,11-12H2,1-2H3,(H,30,31)/t25-/m1/s1. The zero-order valence-electron chi connectivity index (χ0n) is 18.3. The van der Waals surface area contributed by atoms with Crippen LogP contribution in [0.4, 0.5) is 0 Å². The van der Waals surface area contributed by atoms with E-state index in [1.54, 1.807) is 12.1 Å². The van der Waals surface area contributed by atoms with Gasteiger partial charge in [0, 0.05) is 18.7 Å². The number of aromatic carboxylic acids is 1. The third-order valence-corrected chi connectivity index (χ3v) is 6.14. The molecule has 4 aromatic rings. The number of carboxylic acids is 1. The van der Waals surface area contributed by atoms with Crippen molar-refractivity contribution in [2.45, 2.75) is 38.7 Å². The summed E-state index contributed by atoms with van der Waals surface area (Å²) in [5, 5.41) is 9.53. The van der Waals surface area contributed by atoms with Gasteiger partial charge in [-0.1, -0.05) is 48.5 Å². The van der Waals surface area contributed by atoms with E-state index in [-0.39, 0.29) is 6.10 Å². The third-order valence-electron chi connectivity index (χ3n) is 6.14. The van der Waals surface area contributed by atoms with Crippen molar-refractivity contribution in [3.05, 3.63) is 94.9 Å². The lowest BCUT2D eigenvalue weighted by Crippen LogP contribution is -2.11. The number of rotatable bonds is 7. The van der Waals surface area contributed by atoms with Crippen LogP contribution in [-0.2, 0) is 4.74 Å². The van der Waals surface area contributed by atoms with Crippen LogP contribution in [0.15, 0.2) is 66.9 Å². The largest absolute Gasteiger partial charge is 0.478 e. The Morgan fingerprint density at radius 2 is 1.88 bits per heavy atom. The molecule has 2 aromatic heterocycles. The molecule has 2 aromatic carbocycles. The SMILES string of the molecule is CCO[C@H](c1ccc(-c2ccccc2C(=O)O)cc1)c1ccc(C)c2nc(C3CC3)cn12. The zero-order chi connectivity index (χ0) is 22.2. The molecule has 0 saturated heterocycles. The lowest BCUT2D eigenvalue weighted by molar-refractivity contribution is 0.0697. The monoisotopic (exact) mass is 426 g/mol. The minimum absolute atomic E-state index is 0.242. The first-order valence-electron chi connectivity index (χ1n) is 11.1. The van der Waals surface area contributed by atoms with Gasteiger partial charge in [0.05, 0.1) is 17.0 Å². The van der Waals surface area contributed by atoms with E-state index in [9.17, 15) is 9.90 Å². The van der Waals surface area contributed by atoms with E-state index in [2.05, 4.69) is 29.7 Å². The molecule has 5 nitrogen and oxygen atoms in total. The van der Waals surface area contributed by atoms with Crippen molar-refractivity contribution >= 4 is 11.6 Å². The van der Waals surface area contributed by atoms with Gasteiger partial charge < -0.3 is 14.2 Å². The number of benzene rings is 2. The summed E-state index contributed by atoms with van der Waals surface area (Å²) in [5.41, 5.74) is 7.25. The van der Waals surface area contributed by atoms with E-state index in [0.29, 0.717) is 23.7 Å². The topological polar surface area (TPSA) is 63.8 Å². The number of hydrogen-bond donors (Lipinski definition) is 1. The second-order valence-electron chi connectivity index (χ2n) is 8.38. The molecule has 0 amide bonds. The van der Waals surface area contributed by atoms with Gasteiger partial charge in [-0.05, 0) is 61.1 Å². The highest BCUT2D eigenvalue weighted by Crippen LogP contribution is 2.40. The average molecular weight is 427 g/mol. The van der Waals surface area contributed by atoms with Gasteiger partial charge >= 0.3 is 5.97 Å². The van der Waals surface area contributed by atoms with E-state index in [1.807, 2.05) is 43.3 Å². The fourth-order valence-electron chi connectivity index (χ4n) is 4.31. The lowest BCUT2D eigenvalue weighted by atomic mass is 9.97. The van der Waals surface area contributed by atoms with Crippen molar-refractivity contribution in [1.29, 1.82) is 0 Å². The Bertz CT molecular complexity index is 1290. The van der Waals surface area contributed by atoms with Crippen molar-refractivity contribution in [2.24, 2.45) is 0 Å². The Morgan fingerprint density at radius 1 is 1.12 bits per heavy atom. The van der Waals surface area contributed by atoms with Crippen LogP contribution in [0.1, 0.15) is 64.7 Å². The van der Waals surface area contributed by atoms with Crippen LogP contribution in [0.25, 0.3) is 16.8 Å². The number of imidazole rings is 1. The highest BCUT2D eigenvalue weighted by Gasteiger charge is 2.28. The molecule has 162 valence electrons. The molecule has 1 atom stereocenters. The molecule has 0 bridgehead atoms. The van der Waals surface area contributed by atoms with Gasteiger partial charge in [0.2, 0.25) is 0 Å². The number of aromatic nitrogens is 2. The van der Waals surface area contributed by atoms with Crippen LogP contribution in [0, 0.1) is 6.92 Å². The minimum atomic E-state index is -0.925. The van der Waals surface area contributed by atoms with Crippen molar-refractivity contribution in [3.8, 4) is 11.1 Å². The number of ether oxygens (including phenoxy) is 1. The van der Waals surface area contributed by atoms with Gasteiger partial charge in [-0.2, -0.15) is 0 Å². The number of aryl methyl sites for hydroxylation is 1. The van der Waals surface area contributed by atoms with E-state index < -0.39 is 5.97 Å². The lowest BCUT2D eigenvalue weighted by Gasteiger charge is -2.20. The maximum absolute atomic E-state index is 11.6. The van der Waals surface area contributed by atoms with Gasteiger partial charge in [0.25, 0.3) is 0 Å². The first kappa shape index (κ1) is 20.5. The fraction of sp³-hybridized carbons (Fsp3) is 0.259. The van der Waals surface area contributed by atoms with Gasteiger partial charge in [-0.25, -0.2) is 9.78 Å². The number of fused-ring (bicyclic) bond motifs is 1. The Labute approximate surface area is 187 Å². The van der Waals surface area contributed by atoms with Crippen LogP contribution < -0.4 is 0 Å². The predicted octanol–water partition coefficient (Wildman–Crippen LogP) is 6.01. The quantitative estimate of drug-likeness (QED) is 0.393. The summed E-state index contributed by atoms with van der Waals surface area (Å²) in [6, 6.07) is 19.3. The van der Waals surface area contributed by atoms with Gasteiger partial charge in [-0.15, -0.1) is 0 Å². The van der Waals surface area contributed by atoms with Gasteiger partial charge in [0.1, 0.15) is 11.8 Å². The Morgan fingerprint density at radius 3 is 2.56 bits per heavy atom. The molecule has 1 fully saturated rings. The predicted molar refractivity (Wildman–Crippen MR) is 124 cm³/mol. The molecule has 5 rings (SSSR count). The van der Waals surface area contributed by atoms with Crippen molar-refractivity contribution in [2.75, 3.05) is 6.61 Å². The summed E-state index contributed by atoms with van der Waals surface area (Å²) in [5.74, 6) is -0.341. The molecule has 1 N–H and O–H groups in total. The van der Waals surface area contributed by atoms with Gasteiger partial charge in [-0.3, -0.25) is 0 Å². The Kier molecular flexibility index (Phi) is 5.27. The Hall–Kier alpha value is -3.44. The van der Waals surface area contributed by atoms with Crippen molar-refractivity contribution in [1.82, 2.24) is 9.38 Å². The summed E-state index contributed by atoms with van der Waals surface area (Å²) in [6.45, 7) is 4.67. The van der Waals surface area contributed by atoms with Gasteiger partial charge in [0.15, 0.2) is 0 Å². The molecule has 0 radical (unpaired) electrons. The van der Waals surface area contributed by atoms with E-state index >= 15 is 0 Å². The minimum Gasteiger partial charge on any atom is -0.478 e. The summed E-state index contributed by atoms with van der Waals surface area (Å²) in [6.07, 6.45) is 4.35. The fourth-order valence-corrected chi connectivity index (χ4v) is 4.31. The molecule has 5 heteroatoms. The first-order chi connectivity index (χ1) is 15.6. The highest BCUT2D eigenvalue weighted by atomic mass is 16.5. The number of hydrogen-bond acceptors (Lipinski definition) is 3. The van der Waals surface area contributed by atoms with E-state index in [0.717, 1.165) is 33.7 Å². The zero-order valence-corrected chi connectivity index (χ0v) is 18.3. The highest BCUT2D eigenvalue weighted by molar-refractivity contribution is 5.96. The van der Waals surface area contributed by atoms with Crippen molar-refractivity contribution in [3.63, 3.8) is 0 Å². The number of carboxylic acid groups (broad SMARTS) is 1. The third kappa shape index (κ3) is 3.69. The first-order valence-corrected chi connectivity index (χ1v) is 11.1. The molecule has 1 aliphatic rings. The van der Waals surface area contributed by atoms with Crippen LogP contribution >= 0.6 is 0 Å². The van der Waals surface area contributed by atoms with Crippen LogP contribution in [0.5, 0.6) is 0 Å². The molecular formula is C27H26N2O3. The summed E-state index contributed by atoms with van der Waals surface area (Å²) < 4.78 is 8.39. The van der Waals surface area contributed by atoms with Crippen LogP contribution in [0.2, 0.25) is 0 Å². The smallest absolute Gasteiger partial charge is 0.336 e. The molecule has 0 spiro atoms. The van der Waals surface area contributed by atoms with E-state index in [1.165, 1.54) is 12.8 Å².